The molecule has 4 aliphatic rings. The molecule has 1 saturated heterocycles. The number of benzene rings is 3. The minimum absolute atomic E-state index is 0.0208. The quantitative estimate of drug-likeness (QED) is 0.434. The summed E-state index contributed by atoms with van der Waals surface area (Å²) in [4.78, 5) is 41.9. The van der Waals surface area contributed by atoms with Gasteiger partial charge in [-0.25, -0.2) is 0 Å². The molecule has 2 fully saturated rings. The number of hydrogen-bond donors (Lipinski definition) is 1. The first-order valence-electron chi connectivity index (χ1n) is 12.0. The minimum Gasteiger partial charge on any atom is -0.325 e. The number of likely N-dealkylation sites (tertiary alicyclic amines) is 1. The van der Waals surface area contributed by atoms with Gasteiger partial charge >= 0.3 is 0 Å². The van der Waals surface area contributed by atoms with E-state index in [0.29, 0.717) is 0 Å². The third-order valence-corrected chi connectivity index (χ3v) is 7.73. The Labute approximate surface area is 198 Å². The molecule has 2 bridgehead atoms. The summed E-state index contributed by atoms with van der Waals surface area (Å²) in [5, 5.41) is 5.02. The van der Waals surface area contributed by atoms with Gasteiger partial charge in [0.2, 0.25) is 17.7 Å². The van der Waals surface area contributed by atoms with Gasteiger partial charge in [0.1, 0.15) is 0 Å². The summed E-state index contributed by atoms with van der Waals surface area (Å²) in [5.74, 6) is -0.801. The zero-order valence-electron chi connectivity index (χ0n) is 18.8. The number of nitrogens with one attached hydrogen (secondary N) is 1. The van der Waals surface area contributed by atoms with Gasteiger partial charge in [0.05, 0.1) is 24.3 Å². The molecule has 1 saturated carbocycles. The number of hydrogen-bond acceptors (Lipinski definition) is 3. The van der Waals surface area contributed by atoms with Gasteiger partial charge in [-0.1, -0.05) is 78.9 Å². The van der Waals surface area contributed by atoms with Crippen LogP contribution in [0.5, 0.6) is 0 Å². The van der Waals surface area contributed by atoms with Crippen LogP contribution in [0.1, 0.15) is 30.9 Å². The van der Waals surface area contributed by atoms with Gasteiger partial charge in [-0.3, -0.25) is 19.3 Å². The fourth-order valence-corrected chi connectivity index (χ4v) is 6.15. The van der Waals surface area contributed by atoms with Crippen molar-refractivity contribution >= 4 is 34.2 Å². The SMILES string of the molecule is O=C(C[C@@H](c1ccccc1)N1C(=O)[C@@H]2[C@H](C1=O)[C@H]1C=C[C@H]2CC1)Nc1cccc2ccccc12. The first-order chi connectivity index (χ1) is 16.6. The van der Waals surface area contributed by atoms with E-state index in [0.717, 1.165) is 34.9 Å². The molecule has 34 heavy (non-hydrogen) atoms. The highest BCUT2D eigenvalue weighted by molar-refractivity contribution is 6.07. The van der Waals surface area contributed by atoms with Crippen molar-refractivity contribution in [1.29, 1.82) is 0 Å². The number of carbonyl (C=O) groups excluding carboxylic acids is 3. The Bertz CT molecular complexity index is 1280. The van der Waals surface area contributed by atoms with Crippen molar-refractivity contribution in [1.82, 2.24) is 4.90 Å². The maximum absolute atomic E-state index is 13.6. The number of anilines is 1. The van der Waals surface area contributed by atoms with Gasteiger partial charge in [0, 0.05) is 11.1 Å². The van der Waals surface area contributed by atoms with Crippen LogP contribution in [0, 0.1) is 23.7 Å². The molecule has 3 amide bonds. The van der Waals surface area contributed by atoms with E-state index in [2.05, 4.69) is 17.5 Å². The lowest BCUT2D eigenvalue weighted by atomic mass is 9.63. The number of amides is 3. The molecule has 1 N–H and O–H groups in total. The largest absolute Gasteiger partial charge is 0.325 e. The lowest BCUT2D eigenvalue weighted by Crippen LogP contribution is -2.38. The molecule has 3 aliphatic carbocycles. The lowest BCUT2D eigenvalue weighted by Gasteiger charge is -2.38. The summed E-state index contributed by atoms with van der Waals surface area (Å²) in [6, 6.07) is 22.5. The van der Waals surface area contributed by atoms with E-state index in [-0.39, 0.29) is 47.8 Å². The van der Waals surface area contributed by atoms with Crippen LogP contribution >= 0.6 is 0 Å². The van der Waals surface area contributed by atoms with Crippen molar-refractivity contribution < 1.29 is 14.4 Å². The number of nitrogens with zero attached hydrogens (tertiary/aromatic N) is 1. The van der Waals surface area contributed by atoms with Crippen LogP contribution in [-0.4, -0.2) is 22.6 Å². The number of carbonyl (C=O) groups is 3. The van der Waals surface area contributed by atoms with Gasteiger partial charge in [-0.2, -0.15) is 0 Å². The van der Waals surface area contributed by atoms with E-state index in [4.69, 9.17) is 0 Å². The Morgan fingerprint density at radius 3 is 2.12 bits per heavy atom. The molecule has 1 aliphatic heterocycles. The van der Waals surface area contributed by atoms with E-state index in [1.807, 2.05) is 72.8 Å². The summed E-state index contributed by atoms with van der Waals surface area (Å²) in [6.07, 6.45) is 6.16. The molecule has 1 heterocycles. The van der Waals surface area contributed by atoms with Crippen LogP contribution in [0.15, 0.2) is 84.9 Å². The van der Waals surface area contributed by atoms with Crippen molar-refractivity contribution in [3.8, 4) is 0 Å². The molecule has 5 heteroatoms. The standard InChI is InChI=1S/C29H26N2O3/c32-25(30-23-12-6-10-18-7-4-5-11-22(18)23)17-24(19-8-2-1-3-9-19)31-28(33)26-20-13-14-21(16-15-20)27(26)29(31)34/h1-14,20-21,24,26-27H,15-17H2,(H,30,32)/t20-,21-,24-,26-,27+/m0/s1. The number of rotatable bonds is 5. The molecule has 0 radical (unpaired) electrons. The van der Waals surface area contributed by atoms with Crippen LogP contribution in [0.2, 0.25) is 0 Å². The predicted molar refractivity (Wildman–Crippen MR) is 131 cm³/mol. The third kappa shape index (κ3) is 3.35. The molecule has 5 atom stereocenters. The summed E-state index contributed by atoms with van der Waals surface area (Å²) >= 11 is 0. The summed E-state index contributed by atoms with van der Waals surface area (Å²) < 4.78 is 0. The van der Waals surface area contributed by atoms with E-state index < -0.39 is 6.04 Å². The molecule has 170 valence electrons. The first kappa shape index (κ1) is 20.8. The summed E-state index contributed by atoms with van der Waals surface area (Å²) in [6.45, 7) is 0. The smallest absolute Gasteiger partial charge is 0.234 e. The fourth-order valence-electron chi connectivity index (χ4n) is 6.15. The molecule has 0 spiro atoms. The van der Waals surface area contributed by atoms with Crippen molar-refractivity contribution in [3.63, 3.8) is 0 Å². The average molecular weight is 451 g/mol. The zero-order valence-corrected chi connectivity index (χ0v) is 18.8. The Morgan fingerprint density at radius 1 is 0.824 bits per heavy atom. The van der Waals surface area contributed by atoms with Gasteiger partial charge in [-0.05, 0) is 41.7 Å². The topological polar surface area (TPSA) is 66.5 Å². The van der Waals surface area contributed by atoms with Crippen LogP contribution < -0.4 is 5.32 Å². The molecule has 3 aromatic carbocycles. The molecule has 5 nitrogen and oxygen atoms in total. The van der Waals surface area contributed by atoms with E-state index in [9.17, 15) is 14.4 Å². The second kappa shape index (κ2) is 8.24. The van der Waals surface area contributed by atoms with Gasteiger partial charge in [0.25, 0.3) is 0 Å². The fraction of sp³-hybridized carbons (Fsp3) is 0.276. The Kier molecular flexibility index (Phi) is 5.05. The van der Waals surface area contributed by atoms with Gasteiger partial charge in [0.15, 0.2) is 0 Å². The number of imide groups is 1. The Morgan fingerprint density at radius 2 is 1.44 bits per heavy atom. The summed E-state index contributed by atoms with van der Waals surface area (Å²) in [5.41, 5.74) is 1.53. The first-order valence-corrected chi connectivity index (χ1v) is 12.0. The zero-order chi connectivity index (χ0) is 23.2. The monoisotopic (exact) mass is 450 g/mol. The van der Waals surface area contributed by atoms with Crippen molar-refractivity contribution in [2.75, 3.05) is 5.32 Å². The summed E-state index contributed by atoms with van der Waals surface area (Å²) in [7, 11) is 0. The van der Waals surface area contributed by atoms with Crippen LogP contribution in [0.3, 0.4) is 0 Å². The normalized spacial score (nSPS) is 26.1. The van der Waals surface area contributed by atoms with Gasteiger partial charge < -0.3 is 5.32 Å². The Balaban J connectivity index is 1.31. The third-order valence-electron chi connectivity index (χ3n) is 7.73. The van der Waals surface area contributed by atoms with Crippen molar-refractivity contribution in [2.24, 2.45) is 23.7 Å². The van der Waals surface area contributed by atoms with Gasteiger partial charge in [-0.15, -0.1) is 0 Å². The number of fused-ring (bicyclic) bond motifs is 2. The van der Waals surface area contributed by atoms with E-state index in [1.54, 1.807) is 0 Å². The van der Waals surface area contributed by atoms with E-state index >= 15 is 0 Å². The molecule has 7 rings (SSSR count). The van der Waals surface area contributed by atoms with E-state index in [1.165, 1.54) is 4.90 Å². The number of allylic oxidation sites excluding steroid dienone is 2. The van der Waals surface area contributed by atoms with Crippen LogP contribution in [0.25, 0.3) is 10.8 Å². The molecule has 0 unspecified atom stereocenters. The van der Waals surface area contributed by atoms with Crippen LogP contribution in [0.4, 0.5) is 5.69 Å². The molecular weight excluding hydrogens is 424 g/mol. The maximum Gasteiger partial charge on any atom is 0.234 e. The highest BCUT2D eigenvalue weighted by Gasteiger charge is 2.58. The average Bonchev–Trinajstić information content (AvgIpc) is 3.16. The maximum atomic E-state index is 13.6. The predicted octanol–water partition coefficient (Wildman–Crippen LogP) is 5.11. The minimum atomic E-state index is -0.624. The molecule has 0 aromatic heterocycles. The lowest BCUT2D eigenvalue weighted by molar-refractivity contribution is -0.143. The molecule has 3 aromatic rings. The highest BCUT2D eigenvalue weighted by atomic mass is 16.2. The second-order valence-corrected chi connectivity index (χ2v) is 9.59. The Hall–Kier alpha value is -3.73. The second-order valence-electron chi connectivity index (χ2n) is 9.59. The van der Waals surface area contributed by atoms with Crippen LogP contribution in [-0.2, 0) is 14.4 Å². The molecular formula is C29H26N2O3. The van der Waals surface area contributed by atoms with Crippen molar-refractivity contribution in [2.45, 2.75) is 25.3 Å². The van der Waals surface area contributed by atoms with Crippen molar-refractivity contribution in [3.05, 3.63) is 90.5 Å². The highest BCUT2D eigenvalue weighted by Crippen LogP contribution is 2.51.